The first-order valence-corrected chi connectivity index (χ1v) is 14.1. The van der Waals surface area contributed by atoms with Crippen molar-refractivity contribution in [3.8, 4) is 0 Å². The van der Waals surface area contributed by atoms with E-state index in [0.717, 1.165) is 25.7 Å². The summed E-state index contributed by atoms with van der Waals surface area (Å²) in [6.07, 6.45) is 3.11. The Balaban J connectivity index is 1.75. The third-order valence-corrected chi connectivity index (χ3v) is 9.30. The predicted octanol–water partition coefficient (Wildman–Crippen LogP) is 3.53. The summed E-state index contributed by atoms with van der Waals surface area (Å²) >= 11 is 0. The molecule has 1 heterocycles. The highest BCUT2D eigenvalue weighted by Crippen LogP contribution is 2.23. The lowest BCUT2D eigenvalue weighted by molar-refractivity contribution is 0.102. The van der Waals surface area contributed by atoms with Crippen LogP contribution in [0.2, 0.25) is 0 Å². The van der Waals surface area contributed by atoms with E-state index in [1.165, 1.54) is 45.0 Å². The molecular formula is C23H31N3O5S2. The third-order valence-electron chi connectivity index (χ3n) is 5.50. The number of anilines is 1. The number of carbonyl (C=O) groups is 1. The average Bonchev–Trinajstić information content (AvgIpc) is 3.35. The molecule has 10 heteroatoms. The predicted molar refractivity (Wildman–Crippen MR) is 128 cm³/mol. The monoisotopic (exact) mass is 493 g/mol. The molecule has 0 bridgehead atoms. The molecule has 2 aromatic rings. The van der Waals surface area contributed by atoms with Gasteiger partial charge in [0.2, 0.25) is 20.0 Å². The molecule has 0 saturated carbocycles. The van der Waals surface area contributed by atoms with Crippen LogP contribution < -0.4 is 5.32 Å². The lowest BCUT2D eigenvalue weighted by Gasteiger charge is -2.21. The van der Waals surface area contributed by atoms with Gasteiger partial charge in [0.1, 0.15) is 0 Å². The van der Waals surface area contributed by atoms with Crippen LogP contribution in [0.5, 0.6) is 0 Å². The fourth-order valence-corrected chi connectivity index (χ4v) is 6.98. The molecule has 8 nitrogen and oxygen atoms in total. The molecule has 0 aromatic heterocycles. The molecule has 1 aliphatic heterocycles. The Bertz CT molecular complexity index is 1170. The molecule has 180 valence electrons. The number of amides is 1. The van der Waals surface area contributed by atoms with E-state index >= 15 is 0 Å². The van der Waals surface area contributed by atoms with Crippen LogP contribution in [0, 0.1) is 0 Å². The number of nitrogens with zero attached hydrogens (tertiary/aromatic N) is 2. The van der Waals surface area contributed by atoms with Gasteiger partial charge in [0.25, 0.3) is 5.91 Å². The van der Waals surface area contributed by atoms with Gasteiger partial charge in [0.15, 0.2) is 0 Å². The zero-order valence-electron chi connectivity index (χ0n) is 19.0. The summed E-state index contributed by atoms with van der Waals surface area (Å²) in [7, 11) is -7.23. The Morgan fingerprint density at radius 1 is 0.909 bits per heavy atom. The number of hydrogen-bond acceptors (Lipinski definition) is 5. The second-order valence-electron chi connectivity index (χ2n) is 8.02. The van der Waals surface area contributed by atoms with Gasteiger partial charge in [-0.1, -0.05) is 19.9 Å². The molecule has 1 aliphatic rings. The lowest BCUT2D eigenvalue weighted by Crippen LogP contribution is -2.32. The summed E-state index contributed by atoms with van der Waals surface area (Å²) in [5, 5.41) is 2.71. The third kappa shape index (κ3) is 5.81. The van der Waals surface area contributed by atoms with E-state index in [4.69, 9.17) is 0 Å². The van der Waals surface area contributed by atoms with Crippen molar-refractivity contribution in [2.45, 2.75) is 49.3 Å². The molecule has 1 fully saturated rings. The van der Waals surface area contributed by atoms with Gasteiger partial charge in [-0.25, -0.2) is 16.8 Å². The minimum Gasteiger partial charge on any atom is -0.322 e. The van der Waals surface area contributed by atoms with Crippen LogP contribution in [-0.4, -0.2) is 57.5 Å². The second-order valence-corrected chi connectivity index (χ2v) is 11.9. The zero-order chi connectivity index (χ0) is 24.1. The summed E-state index contributed by atoms with van der Waals surface area (Å²) in [6.45, 7) is 5.74. The minimum absolute atomic E-state index is 0.0884. The van der Waals surface area contributed by atoms with E-state index in [0.29, 0.717) is 31.9 Å². The molecule has 33 heavy (non-hydrogen) atoms. The summed E-state index contributed by atoms with van der Waals surface area (Å²) < 4.78 is 54.2. The molecule has 0 spiro atoms. The topological polar surface area (TPSA) is 104 Å². The van der Waals surface area contributed by atoms with Crippen molar-refractivity contribution in [2.24, 2.45) is 0 Å². The van der Waals surface area contributed by atoms with Crippen molar-refractivity contribution in [2.75, 3.05) is 31.5 Å². The van der Waals surface area contributed by atoms with E-state index in [-0.39, 0.29) is 15.4 Å². The lowest BCUT2D eigenvalue weighted by atomic mass is 10.2. The van der Waals surface area contributed by atoms with Crippen molar-refractivity contribution >= 4 is 31.6 Å². The van der Waals surface area contributed by atoms with Crippen LogP contribution in [0.1, 0.15) is 49.9 Å². The molecule has 1 saturated heterocycles. The standard InChI is InChI=1S/C23H31N3O5S2/c1-3-14-25(15-4-2)32(28,29)21-12-10-20(11-13-21)24-23(27)19-8-7-9-22(18-19)33(30,31)26-16-5-6-17-26/h7-13,18H,3-6,14-17H2,1-2H3,(H,24,27). The van der Waals surface area contributed by atoms with Crippen LogP contribution >= 0.6 is 0 Å². The SMILES string of the molecule is CCCN(CCC)S(=O)(=O)c1ccc(NC(=O)c2cccc(S(=O)(=O)N3CCCC3)c2)cc1. The van der Waals surface area contributed by atoms with E-state index in [1.54, 1.807) is 12.1 Å². The van der Waals surface area contributed by atoms with Gasteiger partial charge in [0.05, 0.1) is 9.79 Å². The molecular weight excluding hydrogens is 462 g/mol. The number of nitrogens with one attached hydrogen (secondary N) is 1. The molecule has 0 radical (unpaired) electrons. The number of hydrogen-bond donors (Lipinski definition) is 1. The molecule has 1 N–H and O–H groups in total. The van der Waals surface area contributed by atoms with Gasteiger partial charge in [-0.2, -0.15) is 8.61 Å². The smallest absolute Gasteiger partial charge is 0.255 e. The maximum atomic E-state index is 12.9. The highest BCUT2D eigenvalue weighted by Gasteiger charge is 2.28. The van der Waals surface area contributed by atoms with Crippen LogP contribution in [-0.2, 0) is 20.0 Å². The van der Waals surface area contributed by atoms with Crippen LogP contribution in [0.15, 0.2) is 58.3 Å². The van der Waals surface area contributed by atoms with Crippen LogP contribution in [0.3, 0.4) is 0 Å². The normalized spacial score (nSPS) is 15.1. The maximum absolute atomic E-state index is 12.9. The second kappa shape index (κ2) is 10.8. The largest absolute Gasteiger partial charge is 0.322 e. The molecule has 3 rings (SSSR count). The van der Waals surface area contributed by atoms with E-state index in [1.807, 2.05) is 13.8 Å². The van der Waals surface area contributed by atoms with Crippen molar-refractivity contribution in [1.29, 1.82) is 0 Å². The number of carbonyl (C=O) groups excluding carboxylic acids is 1. The Labute approximate surface area is 196 Å². The van der Waals surface area contributed by atoms with E-state index < -0.39 is 26.0 Å². The fourth-order valence-electron chi connectivity index (χ4n) is 3.79. The van der Waals surface area contributed by atoms with Crippen molar-refractivity contribution < 1.29 is 21.6 Å². The Hall–Kier alpha value is -2.27. The summed E-state index contributed by atoms with van der Waals surface area (Å²) in [6, 6.07) is 12.0. The van der Waals surface area contributed by atoms with Gasteiger partial charge >= 0.3 is 0 Å². The summed E-state index contributed by atoms with van der Waals surface area (Å²) in [5.74, 6) is -0.470. The fraction of sp³-hybridized carbons (Fsp3) is 0.435. The van der Waals surface area contributed by atoms with Gasteiger partial charge < -0.3 is 5.32 Å². The van der Waals surface area contributed by atoms with Crippen molar-refractivity contribution in [3.05, 3.63) is 54.1 Å². The first-order chi connectivity index (χ1) is 15.7. The quantitative estimate of drug-likeness (QED) is 0.545. The minimum atomic E-state index is -3.63. The van der Waals surface area contributed by atoms with E-state index in [9.17, 15) is 21.6 Å². The van der Waals surface area contributed by atoms with Gasteiger partial charge in [-0.3, -0.25) is 4.79 Å². The van der Waals surface area contributed by atoms with Crippen molar-refractivity contribution in [1.82, 2.24) is 8.61 Å². The van der Waals surface area contributed by atoms with Gasteiger partial charge in [-0.15, -0.1) is 0 Å². The average molecular weight is 494 g/mol. The Morgan fingerprint density at radius 3 is 2.09 bits per heavy atom. The summed E-state index contributed by atoms with van der Waals surface area (Å²) in [4.78, 5) is 13.0. The molecule has 2 aromatic carbocycles. The number of benzene rings is 2. The Kier molecular flexibility index (Phi) is 8.28. The van der Waals surface area contributed by atoms with Crippen LogP contribution in [0.25, 0.3) is 0 Å². The molecule has 0 unspecified atom stereocenters. The molecule has 0 aliphatic carbocycles. The van der Waals surface area contributed by atoms with Crippen molar-refractivity contribution in [3.63, 3.8) is 0 Å². The van der Waals surface area contributed by atoms with Gasteiger partial charge in [-0.05, 0) is 68.1 Å². The van der Waals surface area contributed by atoms with Crippen LogP contribution in [0.4, 0.5) is 5.69 Å². The molecule has 0 atom stereocenters. The molecule has 1 amide bonds. The highest BCUT2D eigenvalue weighted by atomic mass is 32.2. The van der Waals surface area contributed by atoms with Gasteiger partial charge in [0, 0.05) is 37.4 Å². The summed E-state index contributed by atoms with van der Waals surface area (Å²) in [5.41, 5.74) is 0.633. The first-order valence-electron chi connectivity index (χ1n) is 11.2. The number of sulfonamides is 2. The highest BCUT2D eigenvalue weighted by molar-refractivity contribution is 7.89. The zero-order valence-corrected chi connectivity index (χ0v) is 20.7. The number of rotatable bonds is 10. The maximum Gasteiger partial charge on any atom is 0.255 e. The first kappa shape index (κ1) is 25.4. The van der Waals surface area contributed by atoms with E-state index in [2.05, 4.69) is 5.32 Å². The Morgan fingerprint density at radius 2 is 1.52 bits per heavy atom.